The van der Waals surface area contributed by atoms with Gasteiger partial charge in [-0.15, -0.1) is 0 Å². The summed E-state index contributed by atoms with van der Waals surface area (Å²) in [6.45, 7) is 6.80. The van der Waals surface area contributed by atoms with Crippen LogP contribution >= 0.6 is 12.6 Å². The first-order chi connectivity index (χ1) is 4.61. The van der Waals surface area contributed by atoms with Crippen molar-refractivity contribution in [3.8, 4) is 0 Å². The number of likely N-dealkylation sites (tertiary alicyclic amines) is 1. The molecule has 10 heavy (non-hydrogen) atoms. The molecule has 0 aromatic carbocycles. The SMILES string of the molecule is CC(C)(S)N1CCCCC1. The van der Waals surface area contributed by atoms with Crippen LogP contribution in [0.4, 0.5) is 0 Å². The molecule has 0 saturated carbocycles. The van der Waals surface area contributed by atoms with E-state index in [4.69, 9.17) is 0 Å². The van der Waals surface area contributed by atoms with Crippen LogP contribution in [0.1, 0.15) is 33.1 Å². The number of rotatable bonds is 1. The molecule has 1 rings (SSSR count). The summed E-state index contributed by atoms with van der Waals surface area (Å²) in [5.41, 5.74) is 0. The van der Waals surface area contributed by atoms with Crippen molar-refractivity contribution < 1.29 is 0 Å². The predicted molar refractivity (Wildman–Crippen MR) is 48.5 cm³/mol. The Morgan fingerprint density at radius 2 is 1.60 bits per heavy atom. The van der Waals surface area contributed by atoms with Crippen molar-refractivity contribution >= 4 is 12.6 Å². The van der Waals surface area contributed by atoms with Crippen LogP contribution in [0.15, 0.2) is 0 Å². The number of thiol groups is 1. The van der Waals surface area contributed by atoms with E-state index in [1.807, 2.05) is 0 Å². The largest absolute Gasteiger partial charge is 0.290 e. The Labute approximate surface area is 69.2 Å². The van der Waals surface area contributed by atoms with Gasteiger partial charge in [-0.1, -0.05) is 6.42 Å². The van der Waals surface area contributed by atoms with E-state index in [1.165, 1.54) is 32.4 Å². The van der Waals surface area contributed by atoms with E-state index in [-0.39, 0.29) is 4.87 Å². The average Bonchev–Trinajstić information content (AvgIpc) is 1.88. The van der Waals surface area contributed by atoms with Gasteiger partial charge in [-0.2, -0.15) is 12.6 Å². The lowest BCUT2D eigenvalue weighted by atomic mass is 10.1. The van der Waals surface area contributed by atoms with Gasteiger partial charge >= 0.3 is 0 Å². The number of hydrogen-bond donors (Lipinski definition) is 1. The summed E-state index contributed by atoms with van der Waals surface area (Å²) in [5.74, 6) is 0. The third kappa shape index (κ3) is 2.17. The molecule has 0 radical (unpaired) electrons. The van der Waals surface area contributed by atoms with Crippen molar-refractivity contribution in [3.05, 3.63) is 0 Å². The highest BCUT2D eigenvalue weighted by Gasteiger charge is 2.22. The second-order valence-electron chi connectivity index (χ2n) is 3.54. The van der Waals surface area contributed by atoms with Crippen LogP contribution in [0.3, 0.4) is 0 Å². The molecule has 0 atom stereocenters. The molecule has 1 fully saturated rings. The quantitative estimate of drug-likeness (QED) is 0.574. The normalized spacial score (nSPS) is 23.1. The zero-order chi connectivity index (χ0) is 7.61. The molecule has 0 unspecified atom stereocenters. The maximum absolute atomic E-state index is 4.52. The Hall–Kier alpha value is 0.310. The van der Waals surface area contributed by atoms with Crippen LogP contribution in [-0.2, 0) is 0 Å². The second-order valence-corrected chi connectivity index (χ2v) is 4.64. The summed E-state index contributed by atoms with van der Waals surface area (Å²) in [7, 11) is 0. The molecule has 0 aliphatic carbocycles. The van der Waals surface area contributed by atoms with Gasteiger partial charge < -0.3 is 0 Å². The van der Waals surface area contributed by atoms with Gasteiger partial charge in [0, 0.05) is 0 Å². The van der Waals surface area contributed by atoms with E-state index in [9.17, 15) is 0 Å². The van der Waals surface area contributed by atoms with Gasteiger partial charge in [-0.05, 0) is 39.8 Å². The van der Waals surface area contributed by atoms with E-state index in [0.717, 1.165) is 0 Å². The Morgan fingerprint density at radius 3 is 1.90 bits per heavy atom. The van der Waals surface area contributed by atoms with Crippen LogP contribution in [0.5, 0.6) is 0 Å². The molecule has 0 aromatic rings. The van der Waals surface area contributed by atoms with Crippen LogP contribution in [0, 0.1) is 0 Å². The molecule has 1 heterocycles. The summed E-state index contributed by atoms with van der Waals surface area (Å²) in [5, 5.41) is 0. The van der Waals surface area contributed by atoms with Gasteiger partial charge in [0.25, 0.3) is 0 Å². The fourth-order valence-electron chi connectivity index (χ4n) is 1.44. The highest BCUT2D eigenvalue weighted by atomic mass is 32.1. The standard InChI is InChI=1S/C8H17NS/c1-8(2,10)9-6-4-3-5-7-9/h10H,3-7H2,1-2H3. The van der Waals surface area contributed by atoms with Crippen molar-refractivity contribution in [3.63, 3.8) is 0 Å². The lowest BCUT2D eigenvalue weighted by Crippen LogP contribution is -2.42. The Kier molecular flexibility index (Phi) is 2.64. The van der Waals surface area contributed by atoms with E-state index < -0.39 is 0 Å². The third-order valence-corrected chi connectivity index (χ3v) is 2.41. The number of hydrogen-bond acceptors (Lipinski definition) is 2. The van der Waals surface area contributed by atoms with Gasteiger partial charge in [0.1, 0.15) is 0 Å². The van der Waals surface area contributed by atoms with E-state index in [2.05, 4.69) is 31.4 Å². The van der Waals surface area contributed by atoms with E-state index >= 15 is 0 Å². The van der Waals surface area contributed by atoms with Crippen molar-refractivity contribution in [1.29, 1.82) is 0 Å². The lowest BCUT2D eigenvalue weighted by molar-refractivity contribution is 0.164. The minimum atomic E-state index is 0.0976. The summed E-state index contributed by atoms with van der Waals surface area (Å²) in [6, 6.07) is 0. The molecule has 2 heteroatoms. The average molecular weight is 159 g/mol. The topological polar surface area (TPSA) is 3.24 Å². The molecule has 60 valence electrons. The Morgan fingerprint density at radius 1 is 1.10 bits per heavy atom. The fourth-order valence-corrected chi connectivity index (χ4v) is 1.64. The van der Waals surface area contributed by atoms with Gasteiger partial charge in [0.2, 0.25) is 0 Å². The third-order valence-electron chi connectivity index (χ3n) is 2.13. The summed E-state index contributed by atoms with van der Waals surface area (Å²) in [6.07, 6.45) is 4.11. The van der Waals surface area contributed by atoms with Crippen LogP contribution in [-0.4, -0.2) is 22.9 Å². The lowest BCUT2D eigenvalue weighted by Gasteiger charge is -2.37. The zero-order valence-electron chi connectivity index (χ0n) is 6.93. The van der Waals surface area contributed by atoms with Crippen LogP contribution < -0.4 is 0 Å². The minimum Gasteiger partial charge on any atom is -0.290 e. The van der Waals surface area contributed by atoms with Gasteiger partial charge in [-0.3, -0.25) is 4.90 Å². The fraction of sp³-hybridized carbons (Fsp3) is 1.00. The van der Waals surface area contributed by atoms with Crippen LogP contribution in [0.2, 0.25) is 0 Å². The van der Waals surface area contributed by atoms with Crippen molar-refractivity contribution in [1.82, 2.24) is 4.90 Å². The monoisotopic (exact) mass is 159 g/mol. The summed E-state index contributed by atoms with van der Waals surface area (Å²) >= 11 is 4.52. The zero-order valence-corrected chi connectivity index (χ0v) is 7.82. The molecule has 0 amide bonds. The minimum absolute atomic E-state index is 0.0976. The molecular weight excluding hydrogens is 142 g/mol. The smallest absolute Gasteiger partial charge is 0.0583 e. The highest BCUT2D eigenvalue weighted by Crippen LogP contribution is 2.22. The molecule has 0 spiro atoms. The first-order valence-corrected chi connectivity index (χ1v) is 4.53. The molecular formula is C8H17NS. The highest BCUT2D eigenvalue weighted by molar-refractivity contribution is 7.81. The molecule has 1 saturated heterocycles. The summed E-state index contributed by atoms with van der Waals surface area (Å²) in [4.78, 5) is 2.54. The predicted octanol–water partition coefficient (Wildman–Crippen LogP) is 2.14. The molecule has 0 aromatic heterocycles. The molecule has 1 aliphatic heterocycles. The maximum atomic E-state index is 4.52. The number of piperidine rings is 1. The molecule has 1 nitrogen and oxygen atoms in total. The molecule has 0 bridgehead atoms. The van der Waals surface area contributed by atoms with E-state index in [0.29, 0.717) is 0 Å². The van der Waals surface area contributed by atoms with E-state index in [1.54, 1.807) is 0 Å². The first-order valence-electron chi connectivity index (χ1n) is 4.08. The van der Waals surface area contributed by atoms with Gasteiger partial charge in [-0.25, -0.2) is 0 Å². The van der Waals surface area contributed by atoms with Crippen molar-refractivity contribution in [2.45, 2.75) is 38.0 Å². The van der Waals surface area contributed by atoms with Gasteiger partial charge in [0.15, 0.2) is 0 Å². The first kappa shape index (κ1) is 8.41. The Bertz CT molecular complexity index is 100. The summed E-state index contributed by atoms with van der Waals surface area (Å²) < 4.78 is 0. The maximum Gasteiger partial charge on any atom is 0.0583 e. The van der Waals surface area contributed by atoms with Crippen molar-refractivity contribution in [2.24, 2.45) is 0 Å². The van der Waals surface area contributed by atoms with Crippen LogP contribution in [0.25, 0.3) is 0 Å². The van der Waals surface area contributed by atoms with Crippen molar-refractivity contribution in [2.75, 3.05) is 13.1 Å². The molecule has 1 aliphatic rings. The molecule has 0 N–H and O–H groups in total. The Balaban J connectivity index is 2.39. The number of nitrogens with zero attached hydrogens (tertiary/aromatic N) is 1. The second kappa shape index (κ2) is 3.14. The van der Waals surface area contributed by atoms with Gasteiger partial charge in [0.05, 0.1) is 4.87 Å².